The van der Waals surface area contributed by atoms with Gasteiger partial charge in [-0.15, -0.1) is 0 Å². The van der Waals surface area contributed by atoms with E-state index in [1.165, 1.54) is 16.2 Å². The first kappa shape index (κ1) is 11.0. The van der Waals surface area contributed by atoms with E-state index < -0.39 is 0 Å². The van der Waals surface area contributed by atoms with E-state index in [-0.39, 0.29) is 0 Å². The highest BCUT2D eigenvalue weighted by Crippen LogP contribution is 2.28. The summed E-state index contributed by atoms with van der Waals surface area (Å²) in [4.78, 5) is 6.43. The Morgan fingerprint density at radius 1 is 0.833 bits per heavy atom. The van der Waals surface area contributed by atoms with Crippen LogP contribution >= 0.6 is 11.8 Å². The standard InChI is InChI=1S/C14H10N2OS/c1-2-4-12(5-3-1)18-13-8-6-11(7-9-13)14-15-10-17-16-14/h1-10H. The SMILES string of the molecule is c1ccc(Sc2ccc(-c3ncon3)cc2)cc1. The van der Waals surface area contributed by atoms with Gasteiger partial charge < -0.3 is 4.52 Å². The van der Waals surface area contributed by atoms with E-state index in [9.17, 15) is 0 Å². The Morgan fingerprint density at radius 3 is 2.22 bits per heavy atom. The monoisotopic (exact) mass is 254 g/mol. The molecule has 0 bridgehead atoms. The van der Waals surface area contributed by atoms with Gasteiger partial charge in [-0.3, -0.25) is 0 Å². The predicted molar refractivity (Wildman–Crippen MR) is 70.3 cm³/mol. The molecule has 18 heavy (non-hydrogen) atoms. The van der Waals surface area contributed by atoms with Gasteiger partial charge in [0.15, 0.2) is 0 Å². The minimum Gasteiger partial charge on any atom is -0.342 e. The lowest BCUT2D eigenvalue weighted by Crippen LogP contribution is -1.80. The van der Waals surface area contributed by atoms with Gasteiger partial charge in [0.1, 0.15) is 0 Å². The maximum absolute atomic E-state index is 4.73. The smallest absolute Gasteiger partial charge is 0.214 e. The van der Waals surface area contributed by atoms with Crippen LogP contribution in [0.5, 0.6) is 0 Å². The first-order chi connectivity index (χ1) is 8.92. The van der Waals surface area contributed by atoms with Crippen molar-refractivity contribution in [2.75, 3.05) is 0 Å². The first-order valence-corrected chi connectivity index (χ1v) is 6.33. The zero-order chi connectivity index (χ0) is 12.2. The lowest BCUT2D eigenvalue weighted by atomic mass is 10.2. The van der Waals surface area contributed by atoms with Crippen LogP contribution in [-0.4, -0.2) is 10.1 Å². The number of benzene rings is 2. The molecule has 4 heteroatoms. The van der Waals surface area contributed by atoms with Crippen molar-refractivity contribution < 1.29 is 4.52 Å². The summed E-state index contributed by atoms with van der Waals surface area (Å²) in [5.74, 6) is 0.617. The molecule has 2 aromatic carbocycles. The van der Waals surface area contributed by atoms with Crippen LogP contribution in [0, 0.1) is 0 Å². The van der Waals surface area contributed by atoms with Crippen LogP contribution in [-0.2, 0) is 0 Å². The number of nitrogens with zero attached hydrogens (tertiary/aromatic N) is 2. The van der Waals surface area contributed by atoms with E-state index in [2.05, 4.69) is 34.4 Å². The molecule has 0 atom stereocenters. The van der Waals surface area contributed by atoms with Gasteiger partial charge in [0.25, 0.3) is 0 Å². The summed E-state index contributed by atoms with van der Waals surface area (Å²) in [5.41, 5.74) is 0.959. The molecular formula is C14H10N2OS. The Kier molecular flexibility index (Phi) is 3.10. The third-order valence-electron chi connectivity index (χ3n) is 2.45. The molecule has 1 heterocycles. The molecule has 0 amide bonds. The highest BCUT2D eigenvalue weighted by molar-refractivity contribution is 7.99. The van der Waals surface area contributed by atoms with Crippen LogP contribution < -0.4 is 0 Å². The lowest BCUT2D eigenvalue weighted by molar-refractivity contribution is 0.419. The minimum atomic E-state index is 0.617. The normalized spacial score (nSPS) is 10.4. The van der Waals surface area contributed by atoms with Crippen molar-refractivity contribution in [3.8, 4) is 11.4 Å². The average Bonchev–Trinajstić information content (AvgIpc) is 2.95. The van der Waals surface area contributed by atoms with E-state index in [1.54, 1.807) is 11.8 Å². The molecule has 0 unspecified atom stereocenters. The predicted octanol–water partition coefficient (Wildman–Crippen LogP) is 3.89. The first-order valence-electron chi connectivity index (χ1n) is 5.51. The third-order valence-corrected chi connectivity index (χ3v) is 3.47. The zero-order valence-corrected chi connectivity index (χ0v) is 10.3. The molecular weight excluding hydrogens is 244 g/mol. The molecule has 3 rings (SSSR count). The number of hydrogen-bond acceptors (Lipinski definition) is 4. The molecule has 0 N–H and O–H groups in total. The number of rotatable bonds is 3. The van der Waals surface area contributed by atoms with E-state index in [1.807, 2.05) is 30.3 Å². The Labute approximate surface area is 109 Å². The summed E-state index contributed by atoms with van der Waals surface area (Å²) in [7, 11) is 0. The zero-order valence-electron chi connectivity index (χ0n) is 9.48. The fourth-order valence-corrected chi connectivity index (χ4v) is 2.43. The molecule has 0 aliphatic rings. The van der Waals surface area contributed by atoms with Crippen LogP contribution in [0.15, 0.2) is 75.3 Å². The van der Waals surface area contributed by atoms with Gasteiger partial charge in [-0.05, 0) is 36.4 Å². The van der Waals surface area contributed by atoms with Crippen molar-refractivity contribution in [1.82, 2.24) is 10.1 Å². The molecule has 0 saturated heterocycles. The molecule has 3 nitrogen and oxygen atoms in total. The second kappa shape index (κ2) is 5.06. The van der Waals surface area contributed by atoms with Crippen LogP contribution in [0.1, 0.15) is 0 Å². The number of hydrogen-bond donors (Lipinski definition) is 0. The minimum absolute atomic E-state index is 0.617. The fraction of sp³-hybridized carbons (Fsp3) is 0. The summed E-state index contributed by atoms with van der Waals surface area (Å²) in [6, 6.07) is 18.4. The molecule has 0 aliphatic heterocycles. The largest absolute Gasteiger partial charge is 0.342 e. The van der Waals surface area contributed by atoms with E-state index in [0.29, 0.717) is 5.82 Å². The highest BCUT2D eigenvalue weighted by Gasteiger charge is 2.03. The maximum Gasteiger partial charge on any atom is 0.214 e. The van der Waals surface area contributed by atoms with Crippen molar-refractivity contribution in [2.24, 2.45) is 0 Å². The molecule has 0 aliphatic carbocycles. The lowest BCUT2D eigenvalue weighted by Gasteiger charge is -2.01. The van der Waals surface area contributed by atoms with E-state index >= 15 is 0 Å². The maximum atomic E-state index is 4.73. The van der Waals surface area contributed by atoms with Gasteiger partial charge in [-0.1, -0.05) is 35.1 Å². The van der Waals surface area contributed by atoms with Gasteiger partial charge in [-0.25, -0.2) is 0 Å². The van der Waals surface area contributed by atoms with Gasteiger partial charge in [0.05, 0.1) is 0 Å². The quantitative estimate of drug-likeness (QED) is 0.710. The Bertz CT molecular complexity index is 606. The van der Waals surface area contributed by atoms with Crippen molar-refractivity contribution in [3.63, 3.8) is 0 Å². The number of aromatic nitrogens is 2. The summed E-state index contributed by atoms with van der Waals surface area (Å²) < 4.78 is 4.73. The van der Waals surface area contributed by atoms with Crippen molar-refractivity contribution in [1.29, 1.82) is 0 Å². The van der Waals surface area contributed by atoms with Crippen LogP contribution in [0.25, 0.3) is 11.4 Å². The van der Waals surface area contributed by atoms with Crippen LogP contribution in [0.2, 0.25) is 0 Å². The summed E-state index contributed by atoms with van der Waals surface area (Å²) in [6.45, 7) is 0. The molecule has 0 saturated carbocycles. The highest BCUT2D eigenvalue weighted by atomic mass is 32.2. The van der Waals surface area contributed by atoms with Gasteiger partial charge >= 0.3 is 0 Å². The molecule has 0 fully saturated rings. The average molecular weight is 254 g/mol. The Hall–Kier alpha value is -2.07. The summed E-state index contributed by atoms with van der Waals surface area (Å²) in [6.07, 6.45) is 1.34. The van der Waals surface area contributed by atoms with Crippen molar-refractivity contribution in [3.05, 3.63) is 61.0 Å². The second-order valence-electron chi connectivity index (χ2n) is 3.69. The molecule has 1 aromatic heterocycles. The third kappa shape index (κ3) is 2.43. The van der Waals surface area contributed by atoms with Crippen LogP contribution in [0.4, 0.5) is 0 Å². The van der Waals surface area contributed by atoms with Gasteiger partial charge in [0.2, 0.25) is 12.2 Å². The molecule has 0 spiro atoms. The van der Waals surface area contributed by atoms with Gasteiger partial charge in [-0.2, -0.15) is 4.98 Å². The van der Waals surface area contributed by atoms with E-state index in [4.69, 9.17) is 4.52 Å². The van der Waals surface area contributed by atoms with E-state index in [0.717, 1.165) is 5.56 Å². The Morgan fingerprint density at radius 2 is 1.56 bits per heavy atom. The molecule has 3 aromatic rings. The molecule has 88 valence electrons. The molecule has 0 radical (unpaired) electrons. The van der Waals surface area contributed by atoms with Crippen molar-refractivity contribution in [2.45, 2.75) is 9.79 Å². The summed E-state index contributed by atoms with van der Waals surface area (Å²) >= 11 is 1.73. The fourth-order valence-electron chi connectivity index (χ4n) is 1.59. The van der Waals surface area contributed by atoms with Crippen LogP contribution in [0.3, 0.4) is 0 Å². The summed E-state index contributed by atoms with van der Waals surface area (Å²) in [5, 5.41) is 3.81. The van der Waals surface area contributed by atoms with Gasteiger partial charge in [0, 0.05) is 15.4 Å². The topological polar surface area (TPSA) is 38.9 Å². The van der Waals surface area contributed by atoms with Crippen molar-refractivity contribution >= 4 is 11.8 Å². The Balaban J connectivity index is 1.80. The second-order valence-corrected chi connectivity index (χ2v) is 4.84.